The Balaban J connectivity index is 2.34. The van der Waals surface area contributed by atoms with Crippen LogP contribution in [0.25, 0.3) is 0 Å². The fourth-order valence-electron chi connectivity index (χ4n) is 2.83. The molecule has 1 N–H and O–H groups in total. The summed E-state index contributed by atoms with van der Waals surface area (Å²) < 4.78 is 0. The van der Waals surface area contributed by atoms with Crippen molar-refractivity contribution in [3.8, 4) is 0 Å². The number of aryl methyl sites for hydroxylation is 2. The Hall–Kier alpha value is -0.650. The standard InChI is InChI=1S/C16H28N4S/c1-5-13-12(7-8-17-3)14(6-2)19-16(18-13)15-11-21-10-9-20(15)4/h15,17H,5-11H2,1-4H3. The largest absolute Gasteiger partial charge is 0.319 e. The van der Waals surface area contributed by atoms with Gasteiger partial charge >= 0.3 is 0 Å². The monoisotopic (exact) mass is 308 g/mol. The van der Waals surface area contributed by atoms with Crippen molar-refractivity contribution in [2.45, 2.75) is 39.2 Å². The number of aromatic nitrogens is 2. The molecule has 1 atom stereocenters. The number of nitrogens with one attached hydrogen (secondary N) is 1. The lowest BCUT2D eigenvalue weighted by Gasteiger charge is -2.31. The minimum atomic E-state index is 0.373. The van der Waals surface area contributed by atoms with Gasteiger partial charge in [-0.15, -0.1) is 0 Å². The number of thioether (sulfide) groups is 1. The van der Waals surface area contributed by atoms with Gasteiger partial charge in [-0.05, 0) is 45.5 Å². The topological polar surface area (TPSA) is 41.1 Å². The van der Waals surface area contributed by atoms with E-state index in [1.807, 2.05) is 18.8 Å². The predicted octanol–water partition coefficient (Wildman–Crippen LogP) is 2.08. The summed E-state index contributed by atoms with van der Waals surface area (Å²) in [6, 6.07) is 0.373. The molecule has 0 bridgehead atoms. The third-order valence-corrected chi connectivity index (χ3v) is 5.21. The van der Waals surface area contributed by atoms with Crippen LogP contribution in [0.1, 0.15) is 42.7 Å². The summed E-state index contributed by atoms with van der Waals surface area (Å²) in [5.74, 6) is 3.36. The average Bonchev–Trinajstić information content (AvgIpc) is 2.52. The van der Waals surface area contributed by atoms with Crippen LogP contribution in [0.2, 0.25) is 0 Å². The molecule has 0 amide bonds. The van der Waals surface area contributed by atoms with E-state index in [1.54, 1.807) is 0 Å². The Morgan fingerprint density at radius 3 is 2.43 bits per heavy atom. The van der Waals surface area contributed by atoms with Gasteiger partial charge < -0.3 is 5.32 Å². The third-order valence-electron chi connectivity index (χ3n) is 4.18. The molecule has 0 saturated carbocycles. The number of hydrogen-bond donors (Lipinski definition) is 1. The molecule has 21 heavy (non-hydrogen) atoms. The van der Waals surface area contributed by atoms with Gasteiger partial charge in [0, 0.05) is 29.4 Å². The van der Waals surface area contributed by atoms with Gasteiger partial charge in [0.1, 0.15) is 5.82 Å². The molecule has 0 aromatic carbocycles. The van der Waals surface area contributed by atoms with Crippen molar-refractivity contribution in [1.82, 2.24) is 20.2 Å². The van der Waals surface area contributed by atoms with Crippen molar-refractivity contribution in [3.05, 3.63) is 22.8 Å². The zero-order valence-corrected chi connectivity index (χ0v) is 14.6. The summed E-state index contributed by atoms with van der Waals surface area (Å²) in [6.07, 6.45) is 3.01. The van der Waals surface area contributed by atoms with E-state index >= 15 is 0 Å². The van der Waals surface area contributed by atoms with Gasteiger partial charge in [0.2, 0.25) is 0 Å². The zero-order valence-electron chi connectivity index (χ0n) is 13.8. The molecule has 2 rings (SSSR count). The van der Waals surface area contributed by atoms with Gasteiger partial charge in [-0.3, -0.25) is 4.90 Å². The molecule has 1 fully saturated rings. The first-order chi connectivity index (χ1) is 10.2. The third kappa shape index (κ3) is 3.96. The molecule has 1 aliphatic heterocycles. The van der Waals surface area contributed by atoms with Crippen molar-refractivity contribution in [3.63, 3.8) is 0 Å². The molecule has 1 aliphatic rings. The SMILES string of the molecule is CCc1nc(C2CSCCN2C)nc(CC)c1CCNC. The fraction of sp³-hybridized carbons (Fsp3) is 0.750. The summed E-state index contributed by atoms with van der Waals surface area (Å²) in [6.45, 7) is 6.52. The van der Waals surface area contributed by atoms with Crippen LogP contribution in [0.3, 0.4) is 0 Å². The van der Waals surface area contributed by atoms with Gasteiger partial charge in [0.25, 0.3) is 0 Å². The summed E-state index contributed by atoms with van der Waals surface area (Å²) in [5.41, 5.74) is 3.86. The summed E-state index contributed by atoms with van der Waals surface area (Å²) in [4.78, 5) is 12.3. The normalized spacial score (nSPS) is 19.9. The molecule has 1 aromatic heterocycles. The Kier molecular flexibility index (Phi) is 6.45. The summed E-state index contributed by atoms with van der Waals surface area (Å²) in [5, 5.41) is 3.24. The Morgan fingerprint density at radius 2 is 1.90 bits per heavy atom. The zero-order chi connectivity index (χ0) is 15.2. The van der Waals surface area contributed by atoms with Gasteiger partial charge in [-0.1, -0.05) is 13.8 Å². The Bertz CT molecular complexity index is 439. The average molecular weight is 308 g/mol. The molecular formula is C16H28N4S. The van der Waals surface area contributed by atoms with Crippen molar-refractivity contribution < 1.29 is 0 Å². The lowest BCUT2D eigenvalue weighted by molar-refractivity contribution is 0.263. The van der Waals surface area contributed by atoms with Crippen molar-refractivity contribution in [2.24, 2.45) is 0 Å². The van der Waals surface area contributed by atoms with Gasteiger partial charge in [0.05, 0.1) is 6.04 Å². The van der Waals surface area contributed by atoms with Gasteiger partial charge in [0.15, 0.2) is 0 Å². The quantitative estimate of drug-likeness (QED) is 0.871. The molecule has 4 nitrogen and oxygen atoms in total. The van der Waals surface area contributed by atoms with Crippen LogP contribution in [-0.4, -0.2) is 53.6 Å². The van der Waals surface area contributed by atoms with Crippen molar-refractivity contribution in [1.29, 1.82) is 0 Å². The molecule has 2 heterocycles. The fourth-order valence-corrected chi connectivity index (χ4v) is 4.04. The molecule has 1 unspecified atom stereocenters. The summed E-state index contributed by atoms with van der Waals surface area (Å²) >= 11 is 2.01. The minimum Gasteiger partial charge on any atom is -0.319 e. The van der Waals surface area contributed by atoms with E-state index in [-0.39, 0.29) is 0 Å². The molecule has 1 saturated heterocycles. The van der Waals surface area contributed by atoms with Crippen LogP contribution in [-0.2, 0) is 19.3 Å². The maximum Gasteiger partial charge on any atom is 0.146 e. The maximum atomic E-state index is 4.93. The van der Waals surface area contributed by atoms with E-state index in [4.69, 9.17) is 9.97 Å². The Morgan fingerprint density at radius 1 is 1.24 bits per heavy atom. The van der Waals surface area contributed by atoms with E-state index in [1.165, 1.54) is 22.7 Å². The highest BCUT2D eigenvalue weighted by Gasteiger charge is 2.25. The highest BCUT2D eigenvalue weighted by Crippen LogP contribution is 2.27. The van der Waals surface area contributed by atoms with Crippen molar-refractivity contribution in [2.75, 3.05) is 38.7 Å². The first kappa shape index (κ1) is 16.7. The van der Waals surface area contributed by atoms with Crippen LogP contribution in [0.15, 0.2) is 0 Å². The van der Waals surface area contributed by atoms with E-state index in [2.05, 4.69) is 31.1 Å². The number of hydrogen-bond acceptors (Lipinski definition) is 5. The van der Waals surface area contributed by atoms with Crippen LogP contribution in [0.5, 0.6) is 0 Å². The first-order valence-corrected chi connectivity index (χ1v) is 9.17. The number of rotatable bonds is 6. The molecule has 5 heteroatoms. The second-order valence-electron chi connectivity index (χ2n) is 5.59. The first-order valence-electron chi connectivity index (χ1n) is 8.02. The van der Waals surface area contributed by atoms with E-state index < -0.39 is 0 Å². The molecule has 0 aliphatic carbocycles. The lowest BCUT2D eigenvalue weighted by Crippen LogP contribution is -2.34. The minimum absolute atomic E-state index is 0.373. The van der Waals surface area contributed by atoms with E-state index in [0.29, 0.717) is 6.04 Å². The van der Waals surface area contributed by atoms with E-state index in [9.17, 15) is 0 Å². The maximum absolute atomic E-state index is 4.93. The summed E-state index contributed by atoms with van der Waals surface area (Å²) in [7, 11) is 4.20. The molecule has 0 radical (unpaired) electrons. The highest BCUT2D eigenvalue weighted by atomic mass is 32.2. The van der Waals surface area contributed by atoms with Crippen LogP contribution >= 0.6 is 11.8 Å². The van der Waals surface area contributed by atoms with Crippen molar-refractivity contribution >= 4 is 11.8 Å². The smallest absolute Gasteiger partial charge is 0.146 e. The lowest BCUT2D eigenvalue weighted by atomic mass is 10.0. The van der Waals surface area contributed by atoms with Crippen LogP contribution in [0.4, 0.5) is 0 Å². The Labute approximate surface area is 133 Å². The highest BCUT2D eigenvalue weighted by molar-refractivity contribution is 7.99. The van der Waals surface area contributed by atoms with Gasteiger partial charge in [-0.25, -0.2) is 9.97 Å². The van der Waals surface area contributed by atoms with Gasteiger partial charge in [-0.2, -0.15) is 11.8 Å². The molecule has 0 spiro atoms. The van der Waals surface area contributed by atoms with Crippen LogP contribution in [0, 0.1) is 0 Å². The number of nitrogens with zero attached hydrogens (tertiary/aromatic N) is 3. The molecule has 118 valence electrons. The number of likely N-dealkylation sites (N-methyl/N-ethyl adjacent to an activating group) is 1. The molecular weight excluding hydrogens is 280 g/mol. The molecule has 1 aromatic rings. The second-order valence-corrected chi connectivity index (χ2v) is 6.74. The van der Waals surface area contributed by atoms with E-state index in [0.717, 1.165) is 43.9 Å². The second kappa shape index (κ2) is 8.11. The van der Waals surface area contributed by atoms with Crippen LogP contribution < -0.4 is 5.32 Å². The predicted molar refractivity (Wildman–Crippen MR) is 91.1 cm³/mol.